The summed E-state index contributed by atoms with van der Waals surface area (Å²) in [6.07, 6.45) is 18.1. The van der Waals surface area contributed by atoms with Crippen LogP contribution in [0.25, 0.3) is 21.9 Å². The van der Waals surface area contributed by atoms with E-state index in [2.05, 4.69) is 112 Å². The molecule has 0 fully saturated rings. The average Bonchev–Trinajstić information content (AvgIpc) is 3.70. The summed E-state index contributed by atoms with van der Waals surface area (Å²) >= 11 is 0. The van der Waals surface area contributed by atoms with E-state index in [9.17, 15) is 10.5 Å². The maximum absolute atomic E-state index is 11.0. The van der Waals surface area contributed by atoms with Gasteiger partial charge in [-0.15, -0.1) is 11.1 Å². The van der Waals surface area contributed by atoms with Gasteiger partial charge in [0.15, 0.2) is 11.2 Å². The summed E-state index contributed by atoms with van der Waals surface area (Å²) in [6.45, 7) is 25.6. The molecule has 0 aliphatic heterocycles. The summed E-state index contributed by atoms with van der Waals surface area (Å²) in [4.78, 5) is 4.59. The zero-order valence-corrected chi connectivity index (χ0v) is 37.7. The number of furan rings is 2. The number of anilines is 2. The van der Waals surface area contributed by atoms with Crippen LogP contribution >= 0.6 is 0 Å². The zero-order chi connectivity index (χ0) is 39.7. The van der Waals surface area contributed by atoms with Crippen LogP contribution in [0, 0.1) is 45.6 Å². The first-order valence-electron chi connectivity index (χ1n) is 21.3. The van der Waals surface area contributed by atoms with E-state index in [1.54, 1.807) is 0 Å². The smallest absolute Gasteiger partial charge is 0.214 e. The number of unbranched alkanes of at least 4 members (excludes halogenated alkanes) is 12. The summed E-state index contributed by atoms with van der Waals surface area (Å²) in [6, 6.07) is 5.19. The highest BCUT2D eigenvalue weighted by Gasteiger charge is 2.32. The second-order valence-corrected chi connectivity index (χ2v) is 26.7. The van der Waals surface area contributed by atoms with E-state index in [0.717, 1.165) is 77.5 Å². The highest BCUT2D eigenvalue weighted by Crippen LogP contribution is 2.45. The van der Waals surface area contributed by atoms with Gasteiger partial charge in [0.2, 0.25) is 11.8 Å². The molecule has 0 saturated heterocycles. The van der Waals surface area contributed by atoms with E-state index in [0.29, 0.717) is 56.0 Å². The topological polar surface area (TPSA) is 80.3 Å². The lowest BCUT2D eigenvalue weighted by Gasteiger charge is -2.22. The first kappa shape index (κ1) is 44.8. The first-order valence-corrected chi connectivity index (χ1v) is 28.3. The van der Waals surface area contributed by atoms with Gasteiger partial charge in [0.25, 0.3) is 0 Å². The molecule has 0 unspecified atom stereocenters. The standard InChI is InChI=1S/C46H70N4O2Si2/c1-11-15-19-23-29-49(30-24-20-16-12-2)45-39(35-47)41-37(27-33-53(5,6)7)44-42(38(43(41)51-45)28-34-54(8,9)10)40(36-48)46(52-44)50(31-25-21-17-13-3)32-26-22-18-14-4/h11-26,29-32H2,1-10H3. The summed E-state index contributed by atoms with van der Waals surface area (Å²) in [5, 5.41) is 23.4. The second kappa shape index (κ2) is 22.1. The van der Waals surface area contributed by atoms with Crippen molar-refractivity contribution in [3.05, 3.63) is 22.3 Å². The molecule has 0 saturated carbocycles. The molecule has 0 bridgehead atoms. The summed E-state index contributed by atoms with van der Waals surface area (Å²) in [7, 11) is -3.75. The molecular formula is C46H70N4O2Si2. The van der Waals surface area contributed by atoms with Crippen molar-refractivity contribution >= 4 is 49.9 Å². The van der Waals surface area contributed by atoms with E-state index >= 15 is 0 Å². The third-order valence-corrected chi connectivity index (χ3v) is 11.5. The maximum atomic E-state index is 11.0. The van der Waals surface area contributed by atoms with Crippen LogP contribution in [0.5, 0.6) is 0 Å². The van der Waals surface area contributed by atoms with Gasteiger partial charge in [-0.2, -0.15) is 10.5 Å². The van der Waals surface area contributed by atoms with Crippen LogP contribution in [0.15, 0.2) is 8.83 Å². The lowest BCUT2D eigenvalue weighted by atomic mass is 9.97. The molecular weight excluding hydrogens is 697 g/mol. The fraction of sp³-hybridized carbons (Fsp3) is 0.652. The van der Waals surface area contributed by atoms with E-state index in [1.165, 1.54) is 51.4 Å². The van der Waals surface area contributed by atoms with Gasteiger partial charge in [0.05, 0.1) is 21.9 Å². The highest BCUT2D eigenvalue weighted by molar-refractivity contribution is 6.84. The third kappa shape index (κ3) is 12.8. The molecule has 6 nitrogen and oxygen atoms in total. The molecule has 54 heavy (non-hydrogen) atoms. The van der Waals surface area contributed by atoms with Crippen LogP contribution in [-0.2, 0) is 0 Å². The van der Waals surface area contributed by atoms with E-state index in [4.69, 9.17) is 8.83 Å². The molecule has 0 spiro atoms. The second-order valence-electron chi connectivity index (χ2n) is 17.2. The Balaban J connectivity index is 2.50. The van der Waals surface area contributed by atoms with Crippen LogP contribution in [-0.4, -0.2) is 42.3 Å². The Morgan fingerprint density at radius 3 is 0.981 bits per heavy atom. The number of hydrogen-bond acceptors (Lipinski definition) is 6. The van der Waals surface area contributed by atoms with Gasteiger partial charge in [-0.05, 0) is 25.7 Å². The van der Waals surface area contributed by atoms with Gasteiger partial charge >= 0.3 is 0 Å². The zero-order valence-electron chi connectivity index (χ0n) is 35.7. The Labute approximate surface area is 331 Å². The normalized spacial score (nSPS) is 11.6. The Kier molecular flexibility index (Phi) is 18.3. The third-order valence-electron chi connectivity index (χ3n) is 9.78. The molecule has 0 atom stereocenters. The molecule has 0 radical (unpaired) electrons. The summed E-state index contributed by atoms with van der Waals surface area (Å²) < 4.78 is 14.0. The predicted molar refractivity (Wildman–Crippen MR) is 237 cm³/mol. The van der Waals surface area contributed by atoms with E-state index < -0.39 is 16.1 Å². The van der Waals surface area contributed by atoms with Gasteiger partial charge < -0.3 is 18.6 Å². The number of nitriles is 2. The first-order chi connectivity index (χ1) is 25.8. The molecule has 2 aromatic heterocycles. The van der Waals surface area contributed by atoms with Crippen LogP contribution < -0.4 is 9.80 Å². The van der Waals surface area contributed by atoms with Crippen molar-refractivity contribution in [3.63, 3.8) is 0 Å². The van der Waals surface area contributed by atoms with Crippen LogP contribution in [0.1, 0.15) is 153 Å². The summed E-state index contributed by atoms with van der Waals surface area (Å²) in [5.41, 5.74) is 10.6. The Bertz CT molecular complexity index is 1690. The van der Waals surface area contributed by atoms with Crippen molar-refractivity contribution in [3.8, 4) is 35.1 Å². The number of fused-ring (bicyclic) bond motifs is 2. The molecule has 2 heterocycles. The molecule has 0 amide bonds. The molecule has 8 heteroatoms. The van der Waals surface area contributed by atoms with Gasteiger partial charge in [-0.25, -0.2) is 0 Å². The Hall–Kier alpha value is -3.57. The number of benzene rings is 1. The fourth-order valence-electron chi connectivity index (χ4n) is 6.83. The molecule has 294 valence electrons. The molecule has 0 aliphatic carbocycles. The lowest BCUT2D eigenvalue weighted by molar-refractivity contribution is 0.543. The van der Waals surface area contributed by atoms with Crippen molar-refractivity contribution in [2.45, 2.75) is 170 Å². The van der Waals surface area contributed by atoms with E-state index in [-0.39, 0.29) is 0 Å². The van der Waals surface area contributed by atoms with Gasteiger partial charge in [0.1, 0.15) is 39.4 Å². The maximum Gasteiger partial charge on any atom is 0.214 e. The van der Waals surface area contributed by atoms with Crippen LogP contribution in [0.2, 0.25) is 39.3 Å². The average molecular weight is 767 g/mol. The minimum Gasteiger partial charge on any atom is -0.438 e. The Morgan fingerprint density at radius 2 is 0.741 bits per heavy atom. The number of rotatable bonds is 22. The van der Waals surface area contributed by atoms with Crippen molar-refractivity contribution in [2.75, 3.05) is 36.0 Å². The minimum atomic E-state index is -1.87. The molecule has 1 aromatic carbocycles. The van der Waals surface area contributed by atoms with Crippen molar-refractivity contribution in [1.82, 2.24) is 0 Å². The largest absolute Gasteiger partial charge is 0.438 e. The molecule has 3 aromatic rings. The number of hydrogen-bond donors (Lipinski definition) is 0. The minimum absolute atomic E-state index is 0.501. The lowest BCUT2D eigenvalue weighted by Crippen LogP contribution is -2.26. The SMILES string of the molecule is CCCCCCN(CCCCCC)c1oc2c(C#C[Si](C)(C)C)c3c(C#N)c(N(CCCCCC)CCCCCC)oc3c(C#C[Si](C)(C)C)c2c1C#N. The number of nitrogens with zero attached hydrogens (tertiary/aromatic N) is 4. The van der Waals surface area contributed by atoms with Gasteiger partial charge in [0, 0.05) is 26.2 Å². The molecule has 3 rings (SSSR count). The van der Waals surface area contributed by atoms with Crippen molar-refractivity contribution in [2.24, 2.45) is 0 Å². The summed E-state index contributed by atoms with van der Waals surface area (Å²) in [5.74, 6) is 8.33. The van der Waals surface area contributed by atoms with Crippen LogP contribution in [0.4, 0.5) is 11.8 Å². The van der Waals surface area contributed by atoms with Gasteiger partial charge in [-0.1, -0.05) is 156 Å². The van der Waals surface area contributed by atoms with Crippen molar-refractivity contribution < 1.29 is 8.83 Å². The monoisotopic (exact) mass is 767 g/mol. The van der Waals surface area contributed by atoms with Crippen LogP contribution in [0.3, 0.4) is 0 Å². The highest BCUT2D eigenvalue weighted by atomic mass is 28.3. The van der Waals surface area contributed by atoms with Gasteiger partial charge in [-0.3, -0.25) is 0 Å². The Morgan fingerprint density at radius 1 is 0.444 bits per heavy atom. The molecule has 0 aliphatic rings. The quantitative estimate of drug-likeness (QED) is 0.0575. The van der Waals surface area contributed by atoms with Crippen molar-refractivity contribution in [1.29, 1.82) is 10.5 Å². The predicted octanol–water partition coefficient (Wildman–Crippen LogP) is 13.3. The van der Waals surface area contributed by atoms with E-state index in [1.807, 2.05) is 0 Å². The molecule has 0 N–H and O–H groups in total. The fourth-order valence-corrected chi connectivity index (χ4v) is 7.83.